The number of nitrogens with zero attached hydrogens (tertiary/aromatic N) is 8. The van der Waals surface area contributed by atoms with Crippen molar-refractivity contribution in [3.05, 3.63) is 34.3 Å². The van der Waals surface area contributed by atoms with Crippen molar-refractivity contribution in [1.29, 1.82) is 0 Å². The van der Waals surface area contributed by atoms with E-state index in [0.717, 1.165) is 49.1 Å². The number of rotatable bonds is 11. The van der Waals surface area contributed by atoms with E-state index in [9.17, 15) is 56.3 Å². The van der Waals surface area contributed by atoms with E-state index in [1.807, 2.05) is 34.6 Å². The predicted octanol–water partition coefficient (Wildman–Crippen LogP) is 6.43. The van der Waals surface area contributed by atoms with E-state index in [2.05, 4.69) is 16.0 Å². The fourth-order valence-corrected chi connectivity index (χ4v) is 14.5. The Labute approximate surface area is 558 Å². The van der Waals surface area contributed by atoms with E-state index in [0.29, 0.717) is 37.7 Å². The van der Waals surface area contributed by atoms with Crippen molar-refractivity contribution in [3.63, 3.8) is 0 Å². The van der Waals surface area contributed by atoms with Crippen molar-refractivity contribution < 1.29 is 65.9 Å². The number of hydrogen-bond acceptors (Lipinski definition) is 11. The van der Waals surface area contributed by atoms with Gasteiger partial charge in [0.05, 0.1) is 17.1 Å². The van der Waals surface area contributed by atoms with Gasteiger partial charge >= 0.3 is 6.18 Å². The number of benzene rings is 1. The van der Waals surface area contributed by atoms with E-state index < -0.39 is 160 Å². The third kappa shape index (κ3) is 17.9. The minimum absolute atomic E-state index is 0.0378. The van der Waals surface area contributed by atoms with Gasteiger partial charge in [0.15, 0.2) is 0 Å². The molecule has 94 heavy (non-hydrogen) atoms. The molecule has 26 heteroatoms. The van der Waals surface area contributed by atoms with Gasteiger partial charge in [-0.15, -0.1) is 0 Å². The normalized spacial score (nSPS) is 28.2. The number of nitrogens with one attached hydrogen (secondary N) is 3. The second-order valence-corrected chi connectivity index (χ2v) is 28.5. The SMILES string of the molecule is CC[C@H](C)[C@@H]1NC(=O)[C@H](CC(C)C)N(C)C(=O)C[C@@H](C)N(C)C(=O)[C@H]([C@@H](C)CC)N(C)C(=O)C2(CCCC2)NC(=O)[C@@H]2CCCN2C(=O)[C@H](CCc2ccc(C(F)(F)F)c(Cl)c2)NC(=O)CN(C)C(=O)[C@H](CC2CCCCC2)N(C)C(=O)[C@@H]2CCN2C(=O)[C@H](C)N(C)C1=O. The zero-order chi connectivity index (χ0) is 70.0. The fraction of sp³-hybridized carbons (Fsp3) is 0.750. The first-order valence-corrected chi connectivity index (χ1v) is 34.4. The summed E-state index contributed by atoms with van der Waals surface area (Å²) in [4.78, 5) is 173. The maximum absolute atomic E-state index is 15.3. The lowest BCUT2D eigenvalue weighted by Crippen LogP contribution is -2.65. The number of halogens is 4. The van der Waals surface area contributed by atoms with E-state index in [1.54, 1.807) is 20.9 Å². The van der Waals surface area contributed by atoms with E-state index in [4.69, 9.17) is 11.6 Å². The number of amides is 11. The van der Waals surface area contributed by atoms with Gasteiger partial charge in [-0.25, -0.2) is 0 Å². The lowest BCUT2D eigenvalue weighted by molar-refractivity contribution is -0.160. The zero-order valence-electron chi connectivity index (χ0n) is 57.9. The molecule has 1 spiro atoms. The number of carbonyl (C=O) groups is 11. The number of alkyl halides is 3. The van der Waals surface area contributed by atoms with Gasteiger partial charge in [0.25, 0.3) is 0 Å². The summed E-state index contributed by atoms with van der Waals surface area (Å²) in [6.07, 6.45) is 2.89. The molecule has 2 saturated carbocycles. The van der Waals surface area contributed by atoms with Crippen LogP contribution in [0, 0.1) is 23.7 Å². The first-order valence-electron chi connectivity index (χ1n) is 34.1. The molecule has 1 aromatic carbocycles. The van der Waals surface area contributed by atoms with Crippen LogP contribution in [0.1, 0.15) is 182 Å². The standard InChI is InChI=1S/C68H105ClF3N11O11/c1-15-41(5)56-64(92)78(11)44(8)60(88)83-34-30-51(83)63(91)80(13)53(38-45-23-18-17-19-24-45)62(90)76(9)39-54(84)73-49(29-27-46-26-28-47(48(69)37-46)68(70,71)72)61(89)82-33-22-25-50(82)59(87)75-67(31-20-21-32-67)66(94)81(14)57(42(6)16-2)65(93)77(10)43(7)36-55(85)79(12)52(35-40(3)4)58(86)74-56/h26,28,37,40-45,49-53,56-57H,15-25,27,29-36,38-39H2,1-14H3,(H,73,84)(H,74,86)(H,75,87)/t41-,42-,43+,44-,49-,50-,51-,52-,53-,56-,57-/m0/s1. The molecule has 0 unspecified atom stereocenters. The molecule has 11 amide bonds. The van der Waals surface area contributed by atoms with Crippen LogP contribution in [0.5, 0.6) is 0 Å². The Hall–Kier alpha value is -6.53. The lowest BCUT2D eigenvalue weighted by Gasteiger charge is -2.45. The Morgan fingerprint density at radius 3 is 1.83 bits per heavy atom. The molecular formula is C68H105ClF3N11O11. The van der Waals surface area contributed by atoms with Gasteiger partial charge in [-0.1, -0.05) is 117 Å². The molecule has 22 nitrogen and oxygen atoms in total. The van der Waals surface area contributed by atoms with Crippen molar-refractivity contribution in [2.45, 2.75) is 243 Å². The highest BCUT2D eigenvalue weighted by molar-refractivity contribution is 6.31. The summed E-state index contributed by atoms with van der Waals surface area (Å²) >= 11 is 6.14. The summed E-state index contributed by atoms with van der Waals surface area (Å²) in [7, 11) is 8.91. The summed E-state index contributed by atoms with van der Waals surface area (Å²) in [5.41, 5.74) is -2.24. The van der Waals surface area contributed by atoms with Gasteiger partial charge in [0, 0.05) is 67.8 Å². The van der Waals surface area contributed by atoms with Crippen molar-refractivity contribution in [2.24, 2.45) is 23.7 Å². The number of fused-ring (bicyclic) bond motifs is 2. The van der Waals surface area contributed by atoms with E-state index in [-0.39, 0.29) is 82.7 Å². The highest BCUT2D eigenvalue weighted by atomic mass is 35.5. The third-order valence-electron chi connectivity index (χ3n) is 21.1. The van der Waals surface area contributed by atoms with Gasteiger partial charge in [-0.3, -0.25) is 52.7 Å². The monoisotopic (exact) mass is 1340 g/mol. The summed E-state index contributed by atoms with van der Waals surface area (Å²) < 4.78 is 41.5. The molecule has 526 valence electrons. The first kappa shape index (κ1) is 76.5. The van der Waals surface area contributed by atoms with Gasteiger partial charge < -0.3 is 55.1 Å². The van der Waals surface area contributed by atoms with Crippen LogP contribution in [0.25, 0.3) is 0 Å². The summed E-state index contributed by atoms with van der Waals surface area (Å²) in [5.74, 6) is -7.33. The van der Waals surface area contributed by atoms with Crippen molar-refractivity contribution in [3.8, 4) is 0 Å². The minimum Gasteiger partial charge on any atom is -0.343 e. The Balaban J connectivity index is 1.40. The molecule has 5 aliphatic rings. The summed E-state index contributed by atoms with van der Waals surface area (Å²) in [5, 5.41) is 8.20. The average molecular weight is 1350 g/mol. The van der Waals surface area contributed by atoms with Crippen LogP contribution in [0.3, 0.4) is 0 Å². The van der Waals surface area contributed by atoms with Crippen molar-refractivity contribution >= 4 is 76.6 Å². The third-order valence-corrected chi connectivity index (χ3v) is 21.4. The molecule has 3 heterocycles. The van der Waals surface area contributed by atoms with Crippen molar-refractivity contribution in [2.75, 3.05) is 61.9 Å². The number of aryl methyl sites for hydroxylation is 1. The molecule has 11 atom stereocenters. The Kier molecular flexibility index (Phi) is 26.8. The number of likely N-dealkylation sites (N-methyl/N-ethyl adjacent to an activating group) is 6. The lowest BCUT2D eigenvalue weighted by atomic mass is 9.84. The molecule has 5 fully saturated rings. The molecule has 2 aliphatic carbocycles. The topological polar surface area (TPSA) is 250 Å². The molecule has 1 aromatic rings. The van der Waals surface area contributed by atoms with Gasteiger partial charge in [-0.2, -0.15) is 13.2 Å². The van der Waals surface area contributed by atoms with Crippen LogP contribution in [0.2, 0.25) is 5.02 Å². The van der Waals surface area contributed by atoms with Crippen LogP contribution < -0.4 is 16.0 Å². The van der Waals surface area contributed by atoms with Gasteiger partial charge in [-0.05, 0) is 113 Å². The minimum atomic E-state index is -4.74. The highest BCUT2D eigenvalue weighted by Crippen LogP contribution is 2.37. The Morgan fingerprint density at radius 2 is 1.26 bits per heavy atom. The van der Waals surface area contributed by atoms with E-state index in [1.165, 1.54) is 82.5 Å². The molecule has 3 saturated heterocycles. The molecule has 3 N–H and O–H groups in total. The largest absolute Gasteiger partial charge is 0.417 e. The van der Waals surface area contributed by atoms with Gasteiger partial charge in [0.2, 0.25) is 65.0 Å². The predicted molar refractivity (Wildman–Crippen MR) is 349 cm³/mol. The average Bonchev–Trinajstić information content (AvgIpc) is 1.20. The molecule has 3 aliphatic heterocycles. The number of hydrogen-bond donors (Lipinski definition) is 3. The Morgan fingerprint density at radius 1 is 0.628 bits per heavy atom. The van der Waals surface area contributed by atoms with Crippen molar-refractivity contribution in [1.82, 2.24) is 55.1 Å². The van der Waals surface area contributed by atoms with Crippen LogP contribution in [-0.4, -0.2) is 226 Å². The fourth-order valence-electron chi connectivity index (χ4n) is 14.2. The second-order valence-electron chi connectivity index (χ2n) is 28.1. The molecule has 0 aromatic heterocycles. The quantitative estimate of drug-likeness (QED) is 0.218. The van der Waals surface area contributed by atoms with E-state index >= 15 is 9.59 Å². The molecule has 0 bridgehead atoms. The van der Waals surface area contributed by atoms with Crippen LogP contribution >= 0.6 is 11.6 Å². The molecule has 6 rings (SSSR count). The highest BCUT2D eigenvalue weighted by Gasteiger charge is 2.51. The van der Waals surface area contributed by atoms with Crippen LogP contribution in [0.15, 0.2) is 18.2 Å². The smallest absolute Gasteiger partial charge is 0.343 e. The summed E-state index contributed by atoms with van der Waals surface area (Å²) in [6, 6.07) is -6.61. The summed E-state index contributed by atoms with van der Waals surface area (Å²) in [6.45, 7) is 14.0. The zero-order valence-corrected chi connectivity index (χ0v) is 58.6. The maximum atomic E-state index is 15.3. The second kappa shape index (κ2) is 32.9. The Bertz CT molecular complexity index is 2920. The first-order chi connectivity index (χ1) is 44.1. The van der Waals surface area contributed by atoms with Crippen LogP contribution in [0.4, 0.5) is 13.2 Å². The van der Waals surface area contributed by atoms with Gasteiger partial charge in [0.1, 0.15) is 53.9 Å². The number of carbonyl (C=O) groups excluding carboxylic acids is 11. The molecular weight excluding hydrogens is 1240 g/mol. The maximum Gasteiger partial charge on any atom is 0.417 e. The molecule has 0 radical (unpaired) electrons. The van der Waals surface area contributed by atoms with Crippen LogP contribution in [-0.2, 0) is 65.3 Å².